The first kappa shape index (κ1) is 15.3. The molecule has 0 bridgehead atoms. The number of carbonyl (C=O) groups excluding carboxylic acids is 2. The summed E-state index contributed by atoms with van der Waals surface area (Å²) in [6, 6.07) is 11.9. The molecule has 0 aliphatic carbocycles. The minimum absolute atomic E-state index is 0.421. The van der Waals surface area contributed by atoms with Crippen molar-refractivity contribution in [3.8, 4) is 0 Å². The number of allylic oxidation sites excluding steroid dienone is 2. The molecule has 4 nitrogen and oxygen atoms in total. The maximum absolute atomic E-state index is 10.4. The summed E-state index contributed by atoms with van der Waals surface area (Å²) in [5.41, 5.74) is 2.81. The first-order valence-electron chi connectivity index (χ1n) is 6.66. The van der Waals surface area contributed by atoms with Crippen LogP contribution in [-0.2, 0) is 22.4 Å². The second kappa shape index (κ2) is 7.09. The van der Waals surface area contributed by atoms with Crippen molar-refractivity contribution in [2.24, 2.45) is 9.98 Å². The van der Waals surface area contributed by atoms with Crippen LogP contribution >= 0.6 is 0 Å². The number of aliphatic imine (C=N–C) groups is 2. The SMILES string of the molecule is C=C(Cc1ccc2ccccc2c1CC(=C)N=C=O)N=C=O. The van der Waals surface area contributed by atoms with Crippen LogP contribution in [0.4, 0.5) is 0 Å². The molecule has 108 valence electrons. The zero-order valence-electron chi connectivity index (χ0n) is 12.0. The Balaban J connectivity index is 2.54. The monoisotopic (exact) mass is 290 g/mol. The first-order chi connectivity index (χ1) is 10.7. The van der Waals surface area contributed by atoms with Gasteiger partial charge in [-0.2, -0.15) is 9.98 Å². The molecule has 0 aliphatic heterocycles. The fraction of sp³-hybridized carbons (Fsp3) is 0.111. The molecule has 0 saturated heterocycles. The second-order valence-corrected chi connectivity index (χ2v) is 4.82. The third kappa shape index (κ3) is 3.53. The standard InChI is InChI=1S/C18H14N2O2/c1-13(19-11-21)9-16-8-7-15-5-3-4-6-17(15)18(16)10-14(2)20-12-22/h3-8H,1-2,9-10H2. The number of fused-ring (bicyclic) bond motifs is 1. The lowest BCUT2D eigenvalue weighted by Gasteiger charge is -2.12. The van der Waals surface area contributed by atoms with Crippen molar-refractivity contribution in [2.75, 3.05) is 0 Å². The third-order valence-electron chi connectivity index (χ3n) is 3.32. The second-order valence-electron chi connectivity index (χ2n) is 4.82. The van der Waals surface area contributed by atoms with E-state index < -0.39 is 0 Å². The van der Waals surface area contributed by atoms with E-state index in [2.05, 4.69) is 23.1 Å². The molecule has 0 aliphatic rings. The molecule has 22 heavy (non-hydrogen) atoms. The lowest BCUT2D eigenvalue weighted by molar-refractivity contribution is 0.563. The van der Waals surface area contributed by atoms with Crippen LogP contribution < -0.4 is 0 Å². The maximum atomic E-state index is 10.4. The van der Waals surface area contributed by atoms with Crippen LogP contribution in [0.15, 0.2) is 70.9 Å². The zero-order chi connectivity index (χ0) is 15.9. The van der Waals surface area contributed by atoms with Crippen LogP contribution in [0, 0.1) is 0 Å². The van der Waals surface area contributed by atoms with Gasteiger partial charge in [-0.3, -0.25) is 0 Å². The van der Waals surface area contributed by atoms with Gasteiger partial charge in [0.1, 0.15) is 0 Å². The maximum Gasteiger partial charge on any atom is 0.240 e. The largest absolute Gasteiger partial charge is 0.240 e. The molecule has 0 radical (unpaired) electrons. The Morgan fingerprint density at radius 1 is 0.909 bits per heavy atom. The molecule has 0 fully saturated rings. The highest BCUT2D eigenvalue weighted by Crippen LogP contribution is 2.26. The summed E-state index contributed by atoms with van der Waals surface area (Å²) in [6.45, 7) is 7.50. The topological polar surface area (TPSA) is 58.9 Å². The van der Waals surface area contributed by atoms with E-state index in [9.17, 15) is 9.59 Å². The quantitative estimate of drug-likeness (QED) is 0.602. The van der Waals surface area contributed by atoms with E-state index in [-0.39, 0.29) is 0 Å². The molecule has 0 heterocycles. The molecule has 0 saturated carbocycles. The zero-order valence-corrected chi connectivity index (χ0v) is 12.0. The van der Waals surface area contributed by atoms with E-state index in [0.29, 0.717) is 24.2 Å². The fourth-order valence-electron chi connectivity index (χ4n) is 2.39. The number of benzene rings is 2. The van der Waals surface area contributed by atoms with Crippen LogP contribution in [0.2, 0.25) is 0 Å². The molecule has 2 rings (SSSR count). The minimum atomic E-state index is 0.421. The van der Waals surface area contributed by atoms with E-state index in [1.54, 1.807) is 0 Å². The first-order valence-corrected chi connectivity index (χ1v) is 6.66. The van der Waals surface area contributed by atoms with Gasteiger partial charge in [0.25, 0.3) is 0 Å². The van der Waals surface area contributed by atoms with Crippen LogP contribution in [0.3, 0.4) is 0 Å². The van der Waals surface area contributed by atoms with Crippen molar-refractivity contribution in [3.63, 3.8) is 0 Å². The van der Waals surface area contributed by atoms with Crippen LogP contribution in [0.25, 0.3) is 10.8 Å². The van der Waals surface area contributed by atoms with Gasteiger partial charge in [0, 0.05) is 12.8 Å². The van der Waals surface area contributed by atoms with E-state index >= 15 is 0 Å². The van der Waals surface area contributed by atoms with Crippen LogP contribution in [-0.4, -0.2) is 12.2 Å². The van der Waals surface area contributed by atoms with Crippen LogP contribution in [0.1, 0.15) is 11.1 Å². The lowest BCUT2D eigenvalue weighted by Crippen LogP contribution is -1.98. The molecule has 0 atom stereocenters. The van der Waals surface area contributed by atoms with Crippen molar-refractivity contribution in [2.45, 2.75) is 12.8 Å². The number of hydrogen-bond donors (Lipinski definition) is 0. The fourth-order valence-corrected chi connectivity index (χ4v) is 2.39. The highest BCUT2D eigenvalue weighted by Gasteiger charge is 2.10. The van der Waals surface area contributed by atoms with E-state index in [1.807, 2.05) is 36.4 Å². The van der Waals surface area contributed by atoms with Crippen molar-refractivity contribution in [3.05, 3.63) is 72.1 Å². The Bertz CT molecular complexity index is 839. The summed E-state index contributed by atoms with van der Waals surface area (Å²) in [5, 5.41) is 2.12. The Morgan fingerprint density at radius 3 is 2.23 bits per heavy atom. The minimum Gasteiger partial charge on any atom is -0.211 e. The number of nitrogens with zero attached hydrogens (tertiary/aromatic N) is 2. The third-order valence-corrected chi connectivity index (χ3v) is 3.32. The molecule has 2 aromatic rings. The summed E-state index contributed by atoms with van der Waals surface area (Å²) in [4.78, 5) is 27.9. The Labute approximate surface area is 128 Å². The number of hydrogen-bond acceptors (Lipinski definition) is 4. The van der Waals surface area contributed by atoms with Gasteiger partial charge in [0.15, 0.2) is 0 Å². The number of rotatable bonds is 6. The highest BCUT2D eigenvalue weighted by atomic mass is 16.1. The van der Waals surface area contributed by atoms with Gasteiger partial charge in [-0.25, -0.2) is 9.59 Å². The van der Waals surface area contributed by atoms with Gasteiger partial charge >= 0.3 is 0 Å². The summed E-state index contributed by atoms with van der Waals surface area (Å²) in [6.07, 6.45) is 3.84. The molecule has 0 aromatic heterocycles. The van der Waals surface area contributed by atoms with Crippen molar-refractivity contribution in [1.29, 1.82) is 0 Å². The van der Waals surface area contributed by atoms with Crippen LogP contribution in [0.5, 0.6) is 0 Å². The summed E-state index contributed by atoms with van der Waals surface area (Å²) in [7, 11) is 0. The lowest BCUT2D eigenvalue weighted by atomic mass is 9.93. The Kier molecular flexibility index (Phi) is 4.94. The molecule has 0 amide bonds. The van der Waals surface area contributed by atoms with Crippen molar-refractivity contribution in [1.82, 2.24) is 0 Å². The van der Waals surface area contributed by atoms with Gasteiger partial charge in [0.05, 0.1) is 11.4 Å². The molecule has 0 unspecified atom stereocenters. The normalized spacial score (nSPS) is 9.64. The average Bonchev–Trinajstić information content (AvgIpc) is 2.50. The van der Waals surface area contributed by atoms with Gasteiger partial charge in [0.2, 0.25) is 12.2 Å². The number of isocyanates is 2. The molecular weight excluding hydrogens is 276 g/mol. The van der Waals surface area contributed by atoms with Gasteiger partial charge in [-0.05, 0) is 21.9 Å². The van der Waals surface area contributed by atoms with E-state index in [4.69, 9.17) is 0 Å². The average molecular weight is 290 g/mol. The van der Waals surface area contributed by atoms with Crippen molar-refractivity contribution < 1.29 is 9.59 Å². The van der Waals surface area contributed by atoms with Crippen molar-refractivity contribution >= 4 is 22.9 Å². The van der Waals surface area contributed by atoms with E-state index in [0.717, 1.165) is 21.9 Å². The van der Waals surface area contributed by atoms with Gasteiger partial charge < -0.3 is 0 Å². The summed E-state index contributed by atoms with van der Waals surface area (Å²) in [5.74, 6) is 0. The molecule has 2 aromatic carbocycles. The summed E-state index contributed by atoms with van der Waals surface area (Å²) < 4.78 is 0. The Morgan fingerprint density at radius 2 is 1.55 bits per heavy atom. The predicted molar refractivity (Wildman–Crippen MR) is 85.9 cm³/mol. The molecule has 4 heteroatoms. The Hall–Kier alpha value is -3.06. The molecular formula is C18H14N2O2. The summed E-state index contributed by atoms with van der Waals surface area (Å²) >= 11 is 0. The van der Waals surface area contributed by atoms with Gasteiger partial charge in [-0.1, -0.05) is 49.6 Å². The molecule has 0 N–H and O–H groups in total. The highest BCUT2D eigenvalue weighted by molar-refractivity contribution is 5.87. The van der Waals surface area contributed by atoms with Gasteiger partial charge in [-0.15, -0.1) is 0 Å². The molecule has 0 spiro atoms. The smallest absolute Gasteiger partial charge is 0.211 e. The predicted octanol–water partition coefficient (Wildman–Crippen LogP) is 3.62. The van der Waals surface area contributed by atoms with E-state index in [1.165, 1.54) is 12.2 Å².